The highest BCUT2D eigenvalue weighted by Gasteiger charge is 2.21. The van der Waals surface area contributed by atoms with Crippen molar-refractivity contribution in [1.29, 1.82) is 0 Å². The molecule has 1 nitrogen and oxygen atoms in total. The lowest BCUT2D eigenvalue weighted by Crippen LogP contribution is -2.11. The van der Waals surface area contributed by atoms with Gasteiger partial charge in [-0.1, -0.05) is 133 Å². The summed E-state index contributed by atoms with van der Waals surface area (Å²) >= 11 is 1.89. The summed E-state index contributed by atoms with van der Waals surface area (Å²) in [5.74, 6) is 0. The largest absolute Gasteiger partial charge is 0.309 e. The van der Waals surface area contributed by atoms with Gasteiger partial charge in [-0.2, -0.15) is 0 Å². The molecule has 0 bridgehead atoms. The Morgan fingerprint density at radius 3 is 1.95 bits per heavy atom. The van der Waals surface area contributed by atoms with Crippen molar-refractivity contribution in [1.82, 2.24) is 0 Å². The van der Waals surface area contributed by atoms with Crippen LogP contribution in [0.5, 0.6) is 0 Å². The van der Waals surface area contributed by atoms with Crippen molar-refractivity contribution in [2.75, 3.05) is 4.90 Å². The van der Waals surface area contributed by atoms with Gasteiger partial charge in [0.05, 0.1) is 11.4 Å². The first-order chi connectivity index (χ1) is 21.8. The molecule has 0 fully saturated rings. The molecule has 206 valence electrons. The second-order valence-corrected chi connectivity index (χ2v) is 12.4. The van der Waals surface area contributed by atoms with E-state index in [2.05, 4.69) is 169 Å². The second kappa shape index (κ2) is 10.1. The molecular weight excluding hydrogens is 551 g/mol. The minimum Gasteiger partial charge on any atom is -0.309 e. The number of anilines is 3. The summed E-state index contributed by atoms with van der Waals surface area (Å²) in [5.41, 5.74) is 5.91. The number of hydrogen-bond donors (Lipinski definition) is 0. The van der Waals surface area contributed by atoms with Crippen molar-refractivity contribution in [3.8, 4) is 11.1 Å². The van der Waals surface area contributed by atoms with Gasteiger partial charge in [-0.15, -0.1) is 11.3 Å². The van der Waals surface area contributed by atoms with Gasteiger partial charge in [-0.25, -0.2) is 0 Å². The molecule has 2 heteroatoms. The molecule has 0 aliphatic heterocycles. The van der Waals surface area contributed by atoms with Gasteiger partial charge in [-0.3, -0.25) is 0 Å². The molecule has 0 aliphatic carbocycles. The van der Waals surface area contributed by atoms with Crippen LogP contribution in [-0.2, 0) is 0 Å². The lowest BCUT2D eigenvalue weighted by atomic mass is 9.97. The number of benzene rings is 8. The molecule has 9 rings (SSSR count). The fourth-order valence-electron chi connectivity index (χ4n) is 6.80. The first-order valence-electron chi connectivity index (χ1n) is 15.0. The topological polar surface area (TPSA) is 3.24 Å². The van der Waals surface area contributed by atoms with E-state index in [0.717, 1.165) is 5.69 Å². The van der Waals surface area contributed by atoms with Gasteiger partial charge in [0.2, 0.25) is 0 Å². The number of hydrogen-bond acceptors (Lipinski definition) is 2. The van der Waals surface area contributed by atoms with E-state index < -0.39 is 0 Å². The lowest BCUT2D eigenvalue weighted by Gasteiger charge is -2.29. The standard InChI is InChI=1S/C42H27NS/c1-2-12-28(13-3-1)30-16-10-17-32(26-30)43(39-27-31-14-4-5-18-33(31)34-19-6-7-20-35(34)39)38-22-11-15-29-24-25-37-36-21-8-9-23-40(36)44-42(37)41(29)38/h1-27H. The summed E-state index contributed by atoms with van der Waals surface area (Å²) in [6.07, 6.45) is 0. The third kappa shape index (κ3) is 3.92. The maximum atomic E-state index is 2.49. The van der Waals surface area contributed by atoms with E-state index >= 15 is 0 Å². The van der Waals surface area contributed by atoms with Crippen molar-refractivity contribution in [3.05, 3.63) is 164 Å². The number of thiophene rings is 1. The van der Waals surface area contributed by atoms with Crippen molar-refractivity contribution in [2.24, 2.45) is 0 Å². The van der Waals surface area contributed by atoms with Crippen molar-refractivity contribution in [3.63, 3.8) is 0 Å². The predicted octanol–water partition coefficient (Wildman–Crippen LogP) is 12.7. The molecule has 0 radical (unpaired) electrons. The maximum absolute atomic E-state index is 2.49. The highest BCUT2D eigenvalue weighted by Crippen LogP contribution is 2.48. The van der Waals surface area contributed by atoms with Crippen LogP contribution >= 0.6 is 11.3 Å². The molecule has 0 saturated heterocycles. The van der Waals surface area contributed by atoms with Crippen LogP contribution in [0.2, 0.25) is 0 Å². The van der Waals surface area contributed by atoms with E-state index in [1.54, 1.807) is 0 Å². The summed E-state index contributed by atoms with van der Waals surface area (Å²) in [7, 11) is 0. The Morgan fingerprint density at radius 2 is 1.07 bits per heavy atom. The molecule has 9 aromatic rings. The smallest absolute Gasteiger partial charge is 0.0554 e. The normalized spacial score (nSPS) is 11.6. The summed E-state index contributed by atoms with van der Waals surface area (Å²) in [4.78, 5) is 2.49. The van der Waals surface area contributed by atoms with Gasteiger partial charge in [0.1, 0.15) is 0 Å². The van der Waals surface area contributed by atoms with Crippen LogP contribution in [0.1, 0.15) is 0 Å². The third-order valence-electron chi connectivity index (χ3n) is 8.80. The fraction of sp³-hybridized carbons (Fsp3) is 0. The van der Waals surface area contributed by atoms with Gasteiger partial charge in [0, 0.05) is 36.6 Å². The van der Waals surface area contributed by atoms with E-state index in [1.165, 1.54) is 75.0 Å². The van der Waals surface area contributed by atoms with Crippen LogP contribution < -0.4 is 4.90 Å². The Balaban J connectivity index is 1.42. The Kier molecular flexibility index (Phi) is 5.75. The molecule has 0 unspecified atom stereocenters. The molecule has 0 N–H and O–H groups in total. The zero-order valence-electron chi connectivity index (χ0n) is 23.9. The molecule has 44 heavy (non-hydrogen) atoms. The highest BCUT2D eigenvalue weighted by atomic mass is 32.1. The zero-order chi connectivity index (χ0) is 29.0. The molecule has 0 amide bonds. The molecular formula is C42H27NS. The Morgan fingerprint density at radius 1 is 0.386 bits per heavy atom. The van der Waals surface area contributed by atoms with Gasteiger partial charge in [0.15, 0.2) is 0 Å². The van der Waals surface area contributed by atoms with Gasteiger partial charge in [-0.05, 0) is 63.0 Å². The summed E-state index contributed by atoms with van der Waals surface area (Å²) in [5, 5.41) is 10.2. The Labute approximate surface area is 259 Å². The molecule has 0 saturated carbocycles. The number of fused-ring (bicyclic) bond motifs is 8. The quantitative estimate of drug-likeness (QED) is 0.188. The average molecular weight is 578 g/mol. The average Bonchev–Trinajstić information content (AvgIpc) is 3.48. The van der Waals surface area contributed by atoms with E-state index in [4.69, 9.17) is 0 Å². The number of rotatable bonds is 4. The minimum atomic E-state index is 1.14. The predicted molar refractivity (Wildman–Crippen MR) is 192 cm³/mol. The molecule has 0 spiro atoms. The highest BCUT2D eigenvalue weighted by molar-refractivity contribution is 7.26. The number of nitrogens with zero attached hydrogens (tertiary/aromatic N) is 1. The monoisotopic (exact) mass is 577 g/mol. The van der Waals surface area contributed by atoms with Crippen LogP contribution in [0.15, 0.2) is 164 Å². The van der Waals surface area contributed by atoms with Crippen molar-refractivity contribution >= 4 is 80.9 Å². The minimum absolute atomic E-state index is 1.14. The second-order valence-electron chi connectivity index (χ2n) is 11.3. The van der Waals surface area contributed by atoms with Gasteiger partial charge >= 0.3 is 0 Å². The maximum Gasteiger partial charge on any atom is 0.0554 e. The summed E-state index contributed by atoms with van der Waals surface area (Å²) in [6.45, 7) is 0. The van der Waals surface area contributed by atoms with E-state index in [0.29, 0.717) is 0 Å². The third-order valence-corrected chi connectivity index (χ3v) is 10.0. The summed E-state index contributed by atoms with van der Waals surface area (Å²) < 4.78 is 2.65. The van der Waals surface area contributed by atoms with E-state index in [1.807, 2.05) is 11.3 Å². The Hall–Kier alpha value is -5.44. The molecule has 0 aliphatic rings. The van der Waals surface area contributed by atoms with Gasteiger partial charge in [0.25, 0.3) is 0 Å². The van der Waals surface area contributed by atoms with Crippen LogP contribution in [0.3, 0.4) is 0 Å². The summed E-state index contributed by atoms with van der Waals surface area (Å²) in [6, 6.07) is 59.7. The van der Waals surface area contributed by atoms with Crippen LogP contribution in [-0.4, -0.2) is 0 Å². The molecule has 1 heterocycles. The first-order valence-corrected chi connectivity index (χ1v) is 15.8. The van der Waals surface area contributed by atoms with Crippen LogP contribution in [0, 0.1) is 0 Å². The fourth-order valence-corrected chi connectivity index (χ4v) is 8.07. The first kappa shape index (κ1) is 25.1. The van der Waals surface area contributed by atoms with Gasteiger partial charge < -0.3 is 4.90 Å². The van der Waals surface area contributed by atoms with Crippen molar-refractivity contribution in [2.45, 2.75) is 0 Å². The Bertz CT molecular complexity index is 2510. The van der Waals surface area contributed by atoms with Crippen molar-refractivity contribution < 1.29 is 0 Å². The SMILES string of the molecule is c1ccc(-c2cccc(N(c3cc4ccccc4c4ccccc34)c3cccc4ccc5c6ccccc6sc5c34)c2)cc1. The lowest BCUT2D eigenvalue weighted by molar-refractivity contribution is 1.32. The molecule has 1 aromatic heterocycles. The van der Waals surface area contributed by atoms with E-state index in [9.17, 15) is 0 Å². The van der Waals surface area contributed by atoms with Crippen LogP contribution in [0.25, 0.3) is 63.6 Å². The van der Waals surface area contributed by atoms with E-state index in [-0.39, 0.29) is 0 Å². The zero-order valence-corrected chi connectivity index (χ0v) is 24.8. The van der Waals surface area contributed by atoms with Crippen LogP contribution in [0.4, 0.5) is 17.1 Å². The molecule has 0 atom stereocenters. The molecule has 8 aromatic carbocycles.